The lowest BCUT2D eigenvalue weighted by atomic mass is 9.73. The van der Waals surface area contributed by atoms with Gasteiger partial charge in [0.05, 0.1) is 24.5 Å². The molecular weight excluding hydrogens is 280 g/mol. The van der Waals surface area contributed by atoms with Crippen LogP contribution in [0.3, 0.4) is 0 Å². The van der Waals surface area contributed by atoms with Gasteiger partial charge in [0.2, 0.25) is 0 Å². The van der Waals surface area contributed by atoms with E-state index in [9.17, 15) is 0 Å². The number of aryl methyl sites for hydroxylation is 1. The van der Waals surface area contributed by atoms with Gasteiger partial charge in [-0.1, -0.05) is 5.16 Å². The van der Waals surface area contributed by atoms with Crippen molar-refractivity contribution in [1.29, 1.82) is 0 Å². The van der Waals surface area contributed by atoms with E-state index in [1.807, 2.05) is 13.0 Å². The number of piperidine rings is 1. The van der Waals surface area contributed by atoms with Crippen LogP contribution < -0.4 is 0 Å². The first kappa shape index (κ1) is 16.0. The van der Waals surface area contributed by atoms with Crippen molar-refractivity contribution in [2.75, 3.05) is 26.3 Å². The number of likely N-dealkylation sites (tertiary alicyclic amines) is 1. The van der Waals surface area contributed by atoms with E-state index >= 15 is 0 Å². The van der Waals surface area contributed by atoms with Crippen molar-refractivity contribution in [3.8, 4) is 0 Å². The summed E-state index contributed by atoms with van der Waals surface area (Å²) in [4.78, 5) is 2.48. The second-order valence-corrected chi connectivity index (χ2v) is 7.11. The third kappa shape index (κ3) is 3.53. The fraction of sp³-hybridized carbons (Fsp3) is 0.824. The Balaban J connectivity index is 1.68. The molecule has 5 nitrogen and oxygen atoms in total. The quantitative estimate of drug-likeness (QED) is 0.837. The highest BCUT2D eigenvalue weighted by Crippen LogP contribution is 2.41. The van der Waals surface area contributed by atoms with E-state index in [0.717, 1.165) is 57.1 Å². The molecule has 1 aromatic rings. The maximum atomic E-state index is 6.08. The van der Waals surface area contributed by atoms with Crippen LogP contribution in [0.1, 0.15) is 44.6 Å². The average Bonchev–Trinajstić information content (AvgIpc) is 2.90. The number of aromatic nitrogens is 1. The molecule has 1 aromatic heterocycles. The Kier molecular flexibility index (Phi) is 4.85. The highest BCUT2D eigenvalue weighted by Gasteiger charge is 2.46. The molecule has 3 rings (SSSR count). The average molecular weight is 308 g/mol. The molecule has 124 valence electrons. The molecule has 2 saturated heterocycles. The molecule has 0 aromatic carbocycles. The van der Waals surface area contributed by atoms with Crippen molar-refractivity contribution in [3.63, 3.8) is 0 Å². The zero-order valence-electron chi connectivity index (χ0n) is 14.0. The van der Waals surface area contributed by atoms with E-state index in [-0.39, 0.29) is 11.5 Å². The molecule has 2 aliphatic rings. The lowest BCUT2D eigenvalue weighted by molar-refractivity contribution is -0.159. The molecule has 5 heteroatoms. The molecule has 0 unspecified atom stereocenters. The molecule has 0 radical (unpaired) electrons. The topological polar surface area (TPSA) is 47.7 Å². The molecule has 0 saturated carbocycles. The zero-order chi connectivity index (χ0) is 15.6. The highest BCUT2D eigenvalue weighted by molar-refractivity contribution is 5.05. The van der Waals surface area contributed by atoms with Crippen LogP contribution in [0.15, 0.2) is 10.6 Å². The molecule has 0 spiro atoms. The smallest absolute Gasteiger partial charge is 0.133 e. The van der Waals surface area contributed by atoms with Gasteiger partial charge in [-0.3, -0.25) is 4.90 Å². The molecule has 2 atom stereocenters. The first-order chi connectivity index (χ1) is 10.6. The minimum absolute atomic E-state index is 0.138. The first-order valence-corrected chi connectivity index (χ1v) is 8.45. The third-order valence-corrected chi connectivity index (χ3v) is 4.83. The predicted molar refractivity (Wildman–Crippen MR) is 83.6 cm³/mol. The monoisotopic (exact) mass is 308 g/mol. The molecule has 2 aliphatic heterocycles. The van der Waals surface area contributed by atoms with Crippen LogP contribution in [-0.2, 0) is 16.0 Å². The lowest BCUT2D eigenvalue weighted by Gasteiger charge is -2.50. The van der Waals surface area contributed by atoms with Gasteiger partial charge in [-0.15, -0.1) is 0 Å². The maximum absolute atomic E-state index is 6.08. The molecule has 2 fully saturated rings. The molecule has 0 aliphatic carbocycles. The summed E-state index contributed by atoms with van der Waals surface area (Å²) in [6.07, 6.45) is 4.02. The van der Waals surface area contributed by atoms with Crippen LogP contribution in [0, 0.1) is 12.3 Å². The SMILES string of the molecule is Cc1cc(CN2CC[C@@H]3OCCC[C@@]3(COC(C)C)C2)no1. The van der Waals surface area contributed by atoms with Crippen molar-refractivity contribution in [3.05, 3.63) is 17.5 Å². The van der Waals surface area contributed by atoms with Gasteiger partial charge in [0.15, 0.2) is 0 Å². The number of fused-ring (bicyclic) bond motifs is 1. The third-order valence-electron chi connectivity index (χ3n) is 4.83. The van der Waals surface area contributed by atoms with Crippen molar-refractivity contribution < 1.29 is 14.0 Å². The van der Waals surface area contributed by atoms with E-state index < -0.39 is 0 Å². The fourth-order valence-corrected chi connectivity index (χ4v) is 3.78. The summed E-state index contributed by atoms with van der Waals surface area (Å²) in [5, 5.41) is 4.13. The van der Waals surface area contributed by atoms with Gasteiger partial charge in [-0.25, -0.2) is 0 Å². The van der Waals surface area contributed by atoms with Crippen molar-refractivity contribution in [1.82, 2.24) is 10.1 Å². The second kappa shape index (κ2) is 6.69. The molecule has 0 bridgehead atoms. The van der Waals surface area contributed by atoms with E-state index in [4.69, 9.17) is 14.0 Å². The minimum atomic E-state index is 0.138. The van der Waals surface area contributed by atoms with Crippen molar-refractivity contribution in [2.45, 2.75) is 58.8 Å². The van der Waals surface area contributed by atoms with Gasteiger partial charge in [0, 0.05) is 37.7 Å². The number of rotatable bonds is 5. The van der Waals surface area contributed by atoms with Crippen LogP contribution in [0.5, 0.6) is 0 Å². The van der Waals surface area contributed by atoms with Crippen LogP contribution in [0.25, 0.3) is 0 Å². The lowest BCUT2D eigenvalue weighted by Crippen LogP contribution is -2.56. The van der Waals surface area contributed by atoms with Gasteiger partial charge >= 0.3 is 0 Å². The van der Waals surface area contributed by atoms with Crippen LogP contribution in [0.4, 0.5) is 0 Å². The normalized spacial score (nSPS) is 29.7. The first-order valence-electron chi connectivity index (χ1n) is 8.45. The van der Waals surface area contributed by atoms with Crippen LogP contribution in [0.2, 0.25) is 0 Å². The summed E-state index contributed by atoms with van der Waals surface area (Å²) >= 11 is 0. The van der Waals surface area contributed by atoms with Crippen LogP contribution >= 0.6 is 0 Å². The molecule has 0 N–H and O–H groups in total. The van der Waals surface area contributed by atoms with Gasteiger partial charge in [0.1, 0.15) is 5.76 Å². The summed E-state index contributed by atoms with van der Waals surface area (Å²) in [5.41, 5.74) is 1.16. The Labute approximate surface area is 132 Å². The molecule has 22 heavy (non-hydrogen) atoms. The Morgan fingerprint density at radius 3 is 3.09 bits per heavy atom. The zero-order valence-corrected chi connectivity index (χ0v) is 14.0. The van der Waals surface area contributed by atoms with Gasteiger partial charge in [-0.05, 0) is 40.0 Å². The van der Waals surface area contributed by atoms with Gasteiger partial charge < -0.3 is 14.0 Å². The number of hydrogen-bond acceptors (Lipinski definition) is 5. The van der Waals surface area contributed by atoms with Crippen molar-refractivity contribution >= 4 is 0 Å². The minimum Gasteiger partial charge on any atom is -0.378 e. The van der Waals surface area contributed by atoms with Crippen LogP contribution in [-0.4, -0.2) is 48.6 Å². The Morgan fingerprint density at radius 1 is 1.50 bits per heavy atom. The summed E-state index contributed by atoms with van der Waals surface area (Å²) in [7, 11) is 0. The van der Waals surface area contributed by atoms with Gasteiger partial charge in [0.25, 0.3) is 0 Å². The number of nitrogens with zero attached hydrogens (tertiary/aromatic N) is 2. The second-order valence-electron chi connectivity index (χ2n) is 7.11. The predicted octanol–water partition coefficient (Wildman–Crippen LogP) is 2.78. The summed E-state index contributed by atoms with van der Waals surface area (Å²) < 4.78 is 17.3. The standard InChI is InChI=1S/C17H28N2O3/c1-13(2)21-12-17-6-4-8-20-16(17)5-7-19(11-17)10-15-9-14(3)22-18-15/h9,13,16H,4-8,10-12H2,1-3H3/t16-,17-/m0/s1. The molecular formula is C17H28N2O3. The molecule has 0 amide bonds. The number of hydrogen-bond donors (Lipinski definition) is 0. The number of ether oxygens (including phenoxy) is 2. The molecule has 3 heterocycles. The Bertz CT molecular complexity index is 488. The van der Waals surface area contributed by atoms with Crippen molar-refractivity contribution in [2.24, 2.45) is 5.41 Å². The maximum Gasteiger partial charge on any atom is 0.133 e. The van der Waals surface area contributed by atoms with Gasteiger partial charge in [-0.2, -0.15) is 0 Å². The summed E-state index contributed by atoms with van der Waals surface area (Å²) in [6, 6.07) is 2.03. The van der Waals surface area contributed by atoms with E-state index in [1.165, 1.54) is 6.42 Å². The van der Waals surface area contributed by atoms with E-state index in [0.29, 0.717) is 6.10 Å². The Morgan fingerprint density at radius 2 is 2.36 bits per heavy atom. The summed E-state index contributed by atoms with van der Waals surface area (Å²) in [5.74, 6) is 0.878. The largest absolute Gasteiger partial charge is 0.378 e. The van der Waals surface area contributed by atoms with E-state index in [2.05, 4.69) is 23.9 Å². The highest BCUT2D eigenvalue weighted by atomic mass is 16.5. The Hall–Kier alpha value is -0.910. The van der Waals surface area contributed by atoms with E-state index in [1.54, 1.807) is 0 Å². The fourth-order valence-electron chi connectivity index (χ4n) is 3.78. The summed E-state index contributed by atoms with van der Waals surface area (Å²) in [6.45, 7) is 10.8.